The molecule has 0 N–H and O–H groups in total. The molecule has 0 bridgehead atoms. The van der Waals surface area contributed by atoms with Crippen LogP contribution in [0.1, 0.15) is 12.8 Å². The molecule has 1 aliphatic heterocycles. The Morgan fingerprint density at radius 1 is 1.31 bits per heavy atom. The first-order chi connectivity index (χ1) is 6.34. The summed E-state index contributed by atoms with van der Waals surface area (Å²) in [7, 11) is 0. The van der Waals surface area contributed by atoms with Crippen molar-refractivity contribution in [3.63, 3.8) is 0 Å². The maximum absolute atomic E-state index is 5.79. The molecular weight excluding hydrogens is 204 g/mol. The van der Waals surface area contributed by atoms with Crippen LogP contribution in [-0.2, 0) is 4.74 Å². The van der Waals surface area contributed by atoms with E-state index in [-0.39, 0.29) is 0 Å². The highest BCUT2D eigenvalue weighted by atomic mass is 35.5. The van der Waals surface area contributed by atoms with Crippen LogP contribution in [0.3, 0.4) is 0 Å². The fourth-order valence-corrected chi connectivity index (χ4v) is 2.48. The third kappa shape index (κ3) is 2.63. The Morgan fingerprint density at radius 2 is 2.08 bits per heavy atom. The molecule has 0 aromatic heterocycles. The van der Waals surface area contributed by atoms with Gasteiger partial charge in [-0.2, -0.15) is 0 Å². The van der Waals surface area contributed by atoms with Crippen molar-refractivity contribution in [3.05, 3.63) is 29.3 Å². The summed E-state index contributed by atoms with van der Waals surface area (Å²) in [6.07, 6.45) is 2.35. The van der Waals surface area contributed by atoms with Gasteiger partial charge in [-0.25, -0.2) is 0 Å². The number of ether oxygens (including phenoxy) is 1. The lowest BCUT2D eigenvalue weighted by atomic mass is 10.4. The van der Waals surface area contributed by atoms with E-state index in [1.165, 1.54) is 11.3 Å². The molecular formula is C10H11ClOS. The van der Waals surface area contributed by atoms with Gasteiger partial charge in [-0.1, -0.05) is 23.4 Å². The van der Waals surface area contributed by atoms with E-state index in [9.17, 15) is 0 Å². The van der Waals surface area contributed by atoms with Crippen LogP contribution >= 0.6 is 23.4 Å². The maximum atomic E-state index is 5.79. The third-order valence-corrected chi connectivity index (χ3v) is 3.40. The average Bonchev–Trinajstić information content (AvgIpc) is 2.62. The van der Waals surface area contributed by atoms with E-state index < -0.39 is 0 Å². The highest BCUT2D eigenvalue weighted by Gasteiger charge is 2.16. The van der Waals surface area contributed by atoms with Gasteiger partial charge in [-0.05, 0) is 37.1 Å². The van der Waals surface area contributed by atoms with Gasteiger partial charge < -0.3 is 4.74 Å². The van der Waals surface area contributed by atoms with Crippen LogP contribution in [0.5, 0.6) is 0 Å². The Morgan fingerprint density at radius 3 is 2.69 bits per heavy atom. The van der Waals surface area contributed by atoms with E-state index in [4.69, 9.17) is 16.3 Å². The van der Waals surface area contributed by atoms with Gasteiger partial charge in [-0.15, -0.1) is 0 Å². The molecule has 1 aromatic rings. The molecule has 1 atom stereocenters. The van der Waals surface area contributed by atoms with E-state index in [0.29, 0.717) is 5.44 Å². The molecule has 1 unspecified atom stereocenters. The molecule has 0 radical (unpaired) electrons. The van der Waals surface area contributed by atoms with Gasteiger partial charge >= 0.3 is 0 Å². The fourth-order valence-electron chi connectivity index (χ4n) is 1.31. The molecule has 1 saturated heterocycles. The van der Waals surface area contributed by atoms with Crippen LogP contribution in [0.2, 0.25) is 5.02 Å². The van der Waals surface area contributed by atoms with Crippen molar-refractivity contribution in [2.75, 3.05) is 6.61 Å². The molecule has 0 saturated carbocycles. The van der Waals surface area contributed by atoms with Crippen molar-refractivity contribution in [2.45, 2.75) is 23.2 Å². The zero-order chi connectivity index (χ0) is 9.10. The lowest BCUT2D eigenvalue weighted by Gasteiger charge is -2.08. The first kappa shape index (κ1) is 9.38. The number of thioether (sulfide) groups is 1. The second-order valence-corrected chi connectivity index (χ2v) is 4.68. The van der Waals surface area contributed by atoms with Crippen LogP contribution in [0, 0.1) is 0 Å². The lowest BCUT2D eigenvalue weighted by molar-refractivity contribution is 0.173. The van der Waals surface area contributed by atoms with E-state index in [1.807, 2.05) is 24.3 Å². The second kappa shape index (κ2) is 4.36. The minimum absolute atomic E-state index is 0.348. The SMILES string of the molecule is Clc1ccc(SC2CCCO2)cc1. The molecule has 1 aliphatic rings. The number of halogens is 1. The van der Waals surface area contributed by atoms with Gasteiger partial charge in [0, 0.05) is 16.5 Å². The topological polar surface area (TPSA) is 9.23 Å². The fraction of sp³-hybridized carbons (Fsp3) is 0.400. The molecule has 1 nitrogen and oxygen atoms in total. The minimum atomic E-state index is 0.348. The van der Waals surface area contributed by atoms with Crippen LogP contribution in [0.25, 0.3) is 0 Å². The molecule has 70 valence electrons. The van der Waals surface area contributed by atoms with Gasteiger partial charge in [0.05, 0.1) is 0 Å². The number of rotatable bonds is 2. The monoisotopic (exact) mass is 214 g/mol. The van der Waals surface area contributed by atoms with E-state index in [1.54, 1.807) is 11.8 Å². The standard InChI is InChI=1S/C10H11ClOS/c11-8-3-5-9(6-4-8)13-10-2-1-7-12-10/h3-6,10H,1-2,7H2. The first-order valence-electron chi connectivity index (χ1n) is 4.38. The van der Waals surface area contributed by atoms with Crippen LogP contribution in [-0.4, -0.2) is 12.0 Å². The Balaban J connectivity index is 1.97. The molecule has 0 spiro atoms. The largest absolute Gasteiger partial charge is 0.367 e. The zero-order valence-corrected chi connectivity index (χ0v) is 8.77. The van der Waals surface area contributed by atoms with Gasteiger partial charge in [0.2, 0.25) is 0 Å². The van der Waals surface area contributed by atoms with Crippen LogP contribution in [0.15, 0.2) is 29.2 Å². The van der Waals surface area contributed by atoms with Gasteiger partial charge in [-0.3, -0.25) is 0 Å². The van der Waals surface area contributed by atoms with Gasteiger partial charge in [0.1, 0.15) is 5.44 Å². The molecule has 0 amide bonds. The van der Waals surface area contributed by atoms with Crippen molar-refractivity contribution in [2.24, 2.45) is 0 Å². The van der Waals surface area contributed by atoms with Crippen molar-refractivity contribution >= 4 is 23.4 Å². The van der Waals surface area contributed by atoms with Crippen molar-refractivity contribution < 1.29 is 4.74 Å². The summed E-state index contributed by atoms with van der Waals surface area (Å²) < 4.78 is 5.52. The number of hydrogen-bond acceptors (Lipinski definition) is 2. The average molecular weight is 215 g/mol. The number of benzene rings is 1. The van der Waals surface area contributed by atoms with Gasteiger partial charge in [0.25, 0.3) is 0 Å². The smallest absolute Gasteiger partial charge is 0.107 e. The second-order valence-electron chi connectivity index (χ2n) is 3.01. The number of hydrogen-bond donors (Lipinski definition) is 0. The maximum Gasteiger partial charge on any atom is 0.107 e. The van der Waals surface area contributed by atoms with Crippen LogP contribution < -0.4 is 0 Å². The summed E-state index contributed by atoms with van der Waals surface area (Å²) >= 11 is 7.57. The van der Waals surface area contributed by atoms with Crippen molar-refractivity contribution in [1.82, 2.24) is 0 Å². The molecule has 0 aliphatic carbocycles. The Kier molecular flexibility index (Phi) is 3.14. The first-order valence-corrected chi connectivity index (χ1v) is 5.64. The predicted octanol–water partition coefficient (Wildman–Crippen LogP) is 3.57. The predicted molar refractivity (Wildman–Crippen MR) is 56.3 cm³/mol. The molecule has 1 fully saturated rings. The molecule has 3 heteroatoms. The molecule has 1 heterocycles. The summed E-state index contributed by atoms with van der Waals surface area (Å²) in [5, 5.41) is 0.789. The van der Waals surface area contributed by atoms with E-state index in [2.05, 4.69) is 0 Å². The lowest BCUT2D eigenvalue weighted by Crippen LogP contribution is -1.97. The summed E-state index contributed by atoms with van der Waals surface area (Å²) in [4.78, 5) is 1.23. The van der Waals surface area contributed by atoms with Crippen molar-refractivity contribution in [3.8, 4) is 0 Å². The van der Waals surface area contributed by atoms with Crippen LogP contribution in [0.4, 0.5) is 0 Å². The zero-order valence-electron chi connectivity index (χ0n) is 7.20. The van der Waals surface area contributed by atoms with Crippen molar-refractivity contribution in [1.29, 1.82) is 0 Å². The quantitative estimate of drug-likeness (QED) is 0.745. The Bertz CT molecular complexity index is 267. The molecule has 2 rings (SSSR count). The highest BCUT2D eigenvalue weighted by molar-refractivity contribution is 7.99. The summed E-state index contributed by atoms with van der Waals surface area (Å²) in [5.74, 6) is 0. The summed E-state index contributed by atoms with van der Waals surface area (Å²) in [5.41, 5.74) is 0.348. The summed E-state index contributed by atoms with van der Waals surface area (Å²) in [6.45, 7) is 0.908. The summed E-state index contributed by atoms with van der Waals surface area (Å²) in [6, 6.07) is 7.90. The van der Waals surface area contributed by atoms with E-state index in [0.717, 1.165) is 18.1 Å². The molecule has 1 aromatic carbocycles. The minimum Gasteiger partial charge on any atom is -0.367 e. The van der Waals surface area contributed by atoms with E-state index >= 15 is 0 Å². The Labute approximate surface area is 87.4 Å². The molecule has 13 heavy (non-hydrogen) atoms. The normalized spacial score (nSPS) is 22.1. The van der Waals surface area contributed by atoms with Gasteiger partial charge in [0.15, 0.2) is 0 Å². The third-order valence-electron chi connectivity index (χ3n) is 1.97. The highest BCUT2D eigenvalue weighted by Crippen LogP contribution is 2.31. The Hall–Kier alpha value is -0.180.